The number of para-hydroxylation sites is 1. The van der Waals surface area contributed by atoms with E-state index in [1.54, 1.807) is 6.92 Å². The number of nitrogens with zero attached hydrogens (tertiary/aromatic N) is 1. The van der Waals surface area contributed by atoms with Crippen molar-refractivity contribution < 1.29 is 14.7 Å². The fourth-order valence-corrected chi connectivity index (χ4v) is 4.09. The zero-order chi connectivity index (χ0) is 19.8. The summed E-state index contributed by atoms with van der Waals surface area (Å²) in [4.78, 5) is 41.1. The molecule has 2 saturated carbocycles. The van der Waals surface area contributed by atoms with Gasteiger partial charge in [-0.3, -0.25) is 19.3 Å². The third-order valence-corrected chi connectivity index (χ3v) is 5.90. The number of hydrogen-bond acceptors (Lipinski definition) is 4. The molecule has 2 fully saturated rings. The molecule has 0 saturated heterocycles. The summed E-state index contributed by atoms with van der Waals surface area (Å²) in [6, 6.07) is 7.58. The number of fused-ring (bicyclic) bond motifs is 1. The van der Waals surface area contributed by atoms with E-state index >= 15 is 0 Å². The van der Waals surface area contributed by atoms with Crippen molar-refractivity contribution in [1.82, 2.24) is 15.2 Å². The van der Waals surface area contributed by atoms with Gasteiger partial charge in [0.05, 0.1) is 6.54 Å². The van der Waals surface area contributed by atoms with Crippen molar-refractivity contribution >= 4 is 22.8 Å². The Kier molecular flexibility index (Phi) is 4.93. The first kappa shape index (κ1) is 18.7. The predicted octanol–water partition coefficient (Wildman–Crippen LogP) is 1.89. The third-order valence-electron chi connectivity index (χ3n) is 5.90. The minimum atomic E-state index is -0.813. The molecule has 2 aliphatic rings. The van der Waals surface area contributed by atoms with Gasteiger partial charge in [-0.05, 0) is 50.2 Å². The standard InChI is InChI=1S/C21H25N3O4/c1-12-16-4-2-3-5-17(16)23-21(28)19(12)20(27)22-14-8-15(9-14)24(11-18(25)26)10-13-6-7-13/h2-5,13-15H,6-11H2,1H3,(H,22,27)(H,23,28)(H,25,26). The highest BCUT2D eigenvalue weighted by Crippen LogP contribution is 2.33. The number of aliphatic carboxylic acids is 1. The predicted molar refractivity (Wildman–Crippen MR) is 106 cm³/mol. The molecule has 0 aliphatic heterocycles. The number of aromatic nitrogens is 1. The van der Waals surface area contributed by atoms with E-state index in [-0.39, 0.29) is 35.7 Å². The second-order valence-corrected chi connectivity index (χ2v) is 8.06. The number of carbonyl (C=O) groups is 2. The number of pyridine rings is 1. The third kappa shape index (κ3) is 3.80. The van der Waals surface area contributed by atoms with Gasteiger partial charge in [0.25, 0.3) is 11.5 Å². The summed E-state index contributed by atoms with van der Waals surface area (Å²) in [5.41, 5.74) is 1.16. The van der Waals surface area contributed by atoms with Crippen LogP contribution in [-0.2, 0) is 4.79 Å². The van der Waals surface area contributed by atoms with Gasteiger partial charge in [-0.15, -0.1) is 0 Å². The molecular weight excluding hydrogens is 358 g/mol. The smallest absolute Gasteiger partial charge is 0.317 e. The average Bonchev–Trinajstić information content (AvgIpc) is 3.41. The summed E-state index contributed by atoms with van der Waals surface area (Å²) in [7, 11) is 0. The highest BCUT2D eigenvalue weighted by atomic mass is 16.4. The molecule has 148 valence electrons. The van der Waals surface area contributed by atoms with Crippen LogP contribution in [0.15, 0.2) is 29.1 Å². The molecule has 28 heavy (non-hydrogen) atoms. The molecule has 3 N–H and O–H groups in total. The zero-order valence-corrected chi connectivity index (χ0v) is 15.9. The van der Waals surface area contributed by atoms with E-state index < -0.39 is 5.97 Å². The number of nitrogens with one attached hydrogen (secondary N) is 2. The average molecular weight is 383 g/mol. The Morgan fingerprint density at radius 2 is 1.96 bits per heavy atom. The maximum Gasteiger partial charge on any atom is 0.317 e. The Morgan fingerprint density at radius 1 is 1.25 bits per heavy atom. The molecule has 2 aromatic rings. The van der Waals surface area contributed by atoms with E-state index in [0.29, 0.717) is 11.5 Å². The van der Waals surface area contributed by atoms with Crippen LogP contribution in [0.5, 0.6) is 0 Å². The van der Waals surface area contributed by atoms with Crippen molar-refractivity contribution in [3.63, 3.8) is 0 Å². The van der Waals surface area contributed by atoms with Crippen LogP contribution in [0.2, 0.25) is 0 Å². The molecule has 1 amide bonds. The van der Waals surface area contributed by atoms with Crippen molar-refractivity contribution in [2.45, 2.75) is 44.7 Å². The van der Waals surface area contributed by atoms with Gasteiger partial charge in [-0.25, -0.2) is 0 Å². The number of aromatic amines is 1. The second-order valence-electron chi connectivity index (χ2n) is 8.06. The molecule has 1 aromatic carbocycles. The van der Waals surface area contributed by atoms with Crippen molar-refractivity contribution in [2.24, 2.45) is 5.92 Å². The minimum absolute atomic E-state index is 0.0294. The highest BCUT2D eigenvalue weighted by Gasteiger charge is 2.38. The lowest BCUT2D eigenvalue weighted by atomic mass is 9.85. The topological polar surface area (TPSA) is 102 Å². The van der Waals surface area contributed by atoms with E-state index in [1.807, 2.05) is 29.2 Å². The van der Waals surface area contributed by atoms with Crippen LogP contribution < -0.4 is 10.9 Å². The molecule has 0 unspecified atom stereocenters. The van der Waals surface area contributed by atoms with Crippen LogP contribution in [0, 0.1) is 12.8 Å². The summed E-state index contributed by atoms with van der Waals surface area (Å²) in [6.45, 7) is 2.66. The van der Waals surface area contributed by atoms with Crippen molar-refractivity contribution in [2.75, 3.05) is 13.1 Å². The van der Waals surface area contributed by atoms with Gasteiger partial charge in [0.2, 0.25) is 0 Å². The molecule has 0 bridgehead atoms. The van der Waals surface area contributed by atoms with Crippen molar-refractivity contribution in [3.8, 4) is 0 Å². The molecule has 4 rings (SSSR count). The SMILES string of the molecule is Cc1c(C(=O)NC2CC(N(CC(=O)O)CC3CC3)C2)c(=O)[nH]c2ccccc12. The number of carboxylic acids is 1. The van der Waals surface area contributed by atoms with Gasteiger partial charge in [-0.2, -0.15) is 0 Å². The van der Waals surface area contributed by atoms with Crippen LogP contribution >= 0.6 is 0 Å². The summed E-state index contributed by atoms with van der Waals surface area (Å²) in [6.07, 6.45) is 3.78. The maximum atomic E-state index is 12.7. The Bertz CT molecular complexity index is 973. The van der Waals surface area contributed by atoms with E-state index in [4.69, 9.17) is 5.11 Å². The van der Waals surface area contributed by atoms with Gasteiger partial charge in [0, 0.05) is 29.5 Å². The first-order valence-corrected chi connectivity index (χ1v) is 9.80. The van der Waals surface area contributed by atoms with Gasteiger partial charge in [-0.1, -0.05) is 18.2 Å². The first-order chi connectivity index (χ1) is 13.4. The van der Waals surface area contributed by atoms with Gasteiger partial charge in [0.15, 0.2) is 0 Å². The van der Waals surface area contributed by atoms with E-state index in [9.17, 15) is 14.4 Å². The number of H-pyrrole nitrogens is 1. The number of rotatable bonds is 7. The summed E-state index contributed by atoms with van der Waals surface area (Å²) >= 11 is 0. The number of carbonyl (C=O) groups excluding carboxylic acids is 1. The van der Waals surface area contributed by atoms with E-state index in [0.717, 1.165) is 30.3 Å². The number of amides is 1. The lowest BCUT2D eigenvalue weighted by Crippen LogP contribution is -2.55. The first-order valence-electron chi connectivity index (χ1n) is 9.80. The van der Waals surface area contributed by atoms with Crippen LogP contribution in [0.1, 0.15) is 41.6 Å². The van der Waals surface area contributed by atoms with Crippen LogP contribution in [-0.4, -0.2) is 52.0 Å². The molecule has 2 aliphatic carbocycles. The zero-order valence-electron chi connectivity index (χ0n) is 15.9. The summed E-state index contributed by atoms with van der Waals surface area (Å²) < 4.78 is 0. The molecule has 1 aromatic heterocycles. The van der Waals surface area contributed by atoms with Gasteiger partial charge < -0.3 is 15.4 Å². The molecule has 7 nitrogen and oxygen atoms in total. The molecule has 1 heterocycles. The van der Waals surface area contributed by atoms with Crippen LogP contribution in [0.3, 0.4) is 0 Å². The molecule has 0 radical (unpaired) electrons. The molecule has 7 heteroatoms. The van der Waals surface area contributed by atoms with E-state index in [2.05, 4.69) is 10.3 Å². The maximum absolute atomic E-state index is 12.7. The van der Waals surface area contributed by atoms with Crippen molar-refractivity contribution in [1.29, 1.82) is 0 Å². The van der Waals surface area contributed by atoms with E-state index in [1.165, 1.54) is 12.8 Å². The van der Waals surface area contributed by atoms with Gasteiger partial charge in [0.1, 0.15) is 5.56 Å². The number of benzene rings is 1. The Labute approximate surface area is 162 Å². The fraction of sp³-hybridized carbons (Fsp3) is 0.476. The monoisotopic (exact) mass is 383 g/mol. The number of aryl methyl sites for hydroxylation is 1. The molecule has 0 spiro atoms. The lowest BCUT2D eigenvalue weighted by molar-refractivity contribution is -0.139. The van der Waals surface area contributed by atoms with Gasteiger partial charge >= 0.3 is 5.97 Å². The normalized spacial score (nSPS) is 21.5. The minimum Gasteiger partial charge on any atom is -0.480 e. The van der Waals surface area contributed by atoms with Crippen molar-refractivity contribution in [3.05, 3.63) is 45.7 Å². The fourth-order valence-electron chi connectivity index (χ4n) is 4.09. The lowest BCUT2D eigenvalue weighted by Gasteiger charge is -2.42. The summed E-state index contributed by atoms with van der Waals surface area (Å²) in [5, 5.41) is 13.0. The highest BCUT2D eigenvalue weighted by molar-refractivity contribution is 6.00. The Hall–Kier alpha value is -2.67. The number of hydrogen-bond donors (Lipinski definition) is 3. The van der Waals surface area contributed by atoms with Crippen LogP contribution in [0.25, 0.3) is 10.9 Å². The Morgan fingerprint density at radius 3 is 2.64 bits per heavy atom. The van der Waals surface area contributed by atoms with Crippen LogP contribution in [0.4, 0.5) is 0 Å². The largest absolute Gasteiger partial charge is 0.480 e. The molecule has 0 atom stereocenters. The summed E-state index contributed by atoms with van der Waals surface area (Å²) in [5.74, 6) is -0.557. The molecular formula is C21H25N3O4. The Balaban J connectivity index is 1.42. The second kappa shape index (κ2) is 7.39. The quantitative estimate of drug-likeness (QED) is 0.678. The number of carboxylic acid groups (broad SMARTS) is 1.